The summed E-state index contributed by atoms with van der Waals surface area (Å²) in [5.74, 6) is 0.0401. The van der Waals surface area contributed by atoms with Gasteiger partial charge >= 0.3 is 0 Å². The highest BCUT2D eigenvalue weighted by Gasteiger charge is 1.99. The van der Waals surface area contributed by atoms with Gasteiger partial charge in [-0.05, 0) is 31.0 Å². The third-order valence-electron chi connectivity index (χ3n) is 2.04. The first-order valence-corrected chi connectivity index (χ1v) is 5.29. The van der Waals surface area contributed by atoms with Gasteiger partial charge in [0.2, 0.25) is 5.91 Å². The molecule has 3 nitrogen and oxygen atoms in total. The van der Waals surface area contributed by atoms with Crippen LogP contribution in [0.1, 0.15) is 18.9 Å². The SMILES string of the molecule is CCCNC(=O)CNc1cccc(C)c1. The zero-order valence-corrected chi connectivity index (χ0v) is 9.34. The first-order valence-electron chi connectivity index (χ1n) is 5.29. The van der Waals surface area contributed by atoms with E-state index in [-0.39, 0.29) is 5.91 Å². The van der Waals surface area contributed by atoms with Gasteiger partial charge in [-0.3, -0.25) is 4.79 Å². The fraction of sp³-hybridized carbons (Fsp3) is 0.417. The fourth-order valence-corrected chi connectivity index (χ4v) is 1.26. The standard InChI is InChI=1S/C12H18N2O/c1-3-7-13-12(15)9-14-11-6-4-5-10(2)8-11/h4-6,8,14H,3,7,9H2,1-2H3,(H,13,15). The predicted molar refractivity (Wildman–Crippen MR) is 63.0 cm³/mol. The molecule has 3 heteroatoms. The van der Waals surface area contributed by atoms with Crippen LogP contribution in [0.2, 0.25) is 0 Å². The van der Waals surface area contributed by atoms with Crippen LogP contribution in [0, 0.1) is 6.92 Å². The molecule has 0 saturated carbocycles. The highest BCUT2D eigenvalue weighted by atomic mass is 16.1. The van der Waals surface area contributed by atoms with Gasteiger partial charge in [0.25, 0.3) is 0 Å². The lowest BCUT2D eigenvalue weighted by Gasteiger charge is -2.07. The summed E-state index contributed by atoms with van der Waals surface area (Å²) in [6, 6.07) is 7.98. The second kappa shape index (κ2) is 6.06. The van der Waals surface area contributed by atoms with Crippen molar-refractivity contribution in [1.82, 2.24) is 5.32 Å². The number of anilines is 1. The van der Waals surface area contributed by atoms with E-state index in [1.165, 1.54) is 5.56 Å². The van der Waals surface area contributed by atoms with Gasteiger partial charge in [0, 0.05) is 12.2 Å². The highest BCUT2D eigenvalue weighted by Crippen LogP contribution is 2.08. The molecule has 1 amide bonds. The van der Waals surface area contributed by atoms with Crippen molar-refractivity contribution in [2.75, 3.05) is 18.4 Å². The summed E-state index contributed by atoms with van der Waals surface area (Å²) in [7, 11) is 0. The van der Waals surface area contributed by atoms with Crippen LogP contribution in [-0.2, 0) is 4.79 Å². The molecule has 1 aromatic rings. The van der Waals surface area contributed by atoms with Crippen LogP contribution in [-0.4, -0.2) is 19.0 Å². The van der Waals surface area contributed by atoms with Crippen molar-refractivity contribution in [2.45, 2.75) is 20.3 Å². The lowest BCUT2D eigenvalue weighted by molar-refractivity contribution is -0.119. The summed E-state index contributed by atoms with van der Waals surface area (Å²) >= 11 is 0. The topological polar surface area (TPSA) is 41.1 Å². The molecule has 82 valence electrons. The molecule has 0 aromatic heterocycles. The van der Waals surface area contributed by atoms with Crippen molar-refractivity contribution >= 4 is 11.6 Å². The van der Waals surface area contributed by atoms with Crippen molar-refractivity contribution < 1.29 is 4.79 Å². The van der Waals surface area contributed by atoms with E-state index >= 15 is 0 Å². The van der Waals surface area contributed by atoms with E-state index in [0.717, 1.165) is 18.7 Å². The molecular formula is C12H18N2O. The molecule has 0 spiro atoms. The molecule has 0 bridgehead atoms. The van der Waals surface area contributed by atoms with E-state index in [0.29, 0.717) is 6.54 Å². The van der Waals surface area contributed by atoms with E-state index in [4.69, 9.17) is 0 Å². The van der Waals surface area contributed by atoms with E-state index in [1.54, 1.807) is 0 Å². The number of aryl methyl sites for hydroxylation is 1. The van der Waals surface area contributed by atoms with Crippen molar-refractivity contribution in [3.8, 4) is 0 Å². The van der Waals surface area contributed by atoms with Gasteiger partial charge in [-0.25, -0.2) is 0 Å². The molecule has 0 aliphatic carbocycles. The molecule has 0 fully saturated rings. The van der Waals surface area contributed by atoms with Gasteiger partial charge < -0.3 is 10.6 Å². The molecule has 0 saturated heterocycles. The molecule has 1 rings (SSSR count). The predicted octanol–water partition coefficient (Wildman–Crippen LogP) is 1.93. The number of rotatable bonds is 5. The Morgan fingerprint density at radius 3 is 2.87 bits per heavy atom. The summed E-state index contributed by atoms with van der Waals surface area (Å²) in [6.45, 7) is 5.15. The highest BCUT2D eigenvalue weighted by molar-refractivity contribution is 5.80. The van der Waals surface area contributed by atoms with Crippen molar-refractivity contribution in [3.05, 3.63) is 29.8 Å². The second-order valence-electron chi connectivity index (χ2n) is 3.57. The fourth-order valence-electron chi connectivity index (χ4n) is 1.26. The Kier molecular flexibility index (Phi) is 4.68. The average molecular weight is 206 g/mol. The first-order chi connectivity index (χ1) is 7.22. The summed E-state index contributed by atoms with van der Waals surface area (Å²) in [6.07, 6.45) is 0.968. The van der Waals surface area contributed by atoms with Gasteiger partial charge in [-0.15, -0.1) is 0 Å². The van der Waals surface area contributed by atoms with Crippen molar-refractivity contribution in [2.24, 2.45) is 0 Å². The van der Waals surface area contributed by atoms with Crippen LogP contribution < -0.4 is 10.6 Å². The van der Waals surface area contributed by atoms with E-state index in [1.807, 2.05) is 38.1 Å². The molecule has 1 aromatic carbocycles. The van der Waals surface area contributed by atoms with Crippen molar-refractivity contribution in [3.63, 3.8) is 0 Å². The Morgan fingerprint density at radius 2 is 2.20 bits per heavy atom. The quantitative estimate of drug-likeness (QED) is 0.773. The van der Waals surface area contributed by atoms with Gasteiger partial charge in [-0.2, -0.15) is 0 Å². The molecule has 0 aliphatic heterocycles. The number of hydrogen-bond donors (Lipinski definition) is 2. The van der Waals surface area contributed by atoms with Crippen LogP contribution in [0.25, 0.3) is 0 Å². The third-order valence-corrected chi connectivity index (χ3v) is 2.04. The molecule has 15 heavy (non-hydrogen) atoms. The normalized spacial score (nSPS) is 9.73. The monoisotopic (exact) mass is 206 g/mol. The van der Waals surface area contributed by atoms with Crippen LogP contribution in [0.3, 0.4) is 0 Å². The average Bonchev–Trinajstić information content (AvgIpc) is 2.23. The lowest BCUT2D eigenvalue weighted by Crippen LogP contribution is -2.30. The van der Waals surface area contributed by atoms with Crippen molar-refractivity contribution in [1.29, 1.82) is 0 Å². The van der Waals surface area contributed by atoms with Gasteiger partial charge in [0.15, 0.2) is 0 Å². The van der Waals surface area contributed by atoms with E-state index in [2.05, 4.69) is 10.6 Å². The minimum absolute atomic E-state index is 0.0401. The van der Waals surface area contributed by atoms with Crippen LogP contribution in [0.5, 0.6) is 0 Å². The maximum atomic E-state index is 11.3. The number of hydrogen-bond acceptors (Lipinski definition) is 2. The number of benzene rings is 1. The second-order valence-corrected chi connectivity index (χ2v) is 3.57. The minimum atomic E-state index is 0.0401. The third kappa shape index (κ3) is 4.49. The zero-order chi connectivity index (χ0) is 11.1. The Balaban J connectivity index is 2.33. The number of nitrogens with one attached hydrogen (secondary N) is 2. The minimum Gasteiger partial charge on any atom is -0.376 e. The Labute approximate surface area is 90.9 Å². The Bertz CT molecular complexity index is 323. The number of amides is 1. The summed E-state index contributed by atoms with van der Waals surface area (Å²) in [4.78, 5) is 11.3. The molecule has 0 heterocycles. The van der Waals surface area contributed by atoms with Gasteiger partial charge in [-0.1, -0.05) is 19.1 Å². The smallest absolute Gasteiger partial charge is 0.239 e. The molecule has 0 aliphatic rings. The number of carbonyl (C=O) groups excluding carboxylic acids is 1. The maximum Gasteiger partial charge on any atom is 0.239 e. The number of carbonyl (C=O) groups is 1. The summed E-state index contributed by atoms with van der Waals surface area (Å²) in [5.41, 5.74) is 2.18. The van der Waals surface area contributed by atoms with E-state index < -0.39 is 0 Å². The molecule has 0 unspecified atom stereocenters. The van der Waals surface area contributed by atoms with E-state index in [9.17, 15) is 4.79 Å². The van der Waals surface area contributed by atoms with Crippen LogP contribution in [0.15, 0.2) is 24.3 Å². The Morgan fingerprint density at radius 1 is 1.40 bits per heavy atom. The molecular weight excluding hydrogens is 188 g/mol. The van der Waals surface area contributed by atoms with Gasteiger partial charge in [0.05, 0.1) is 6.54 Å². The Hall–Kier alpha value is -1.51. The van der Waals surface area contributed by atoms with Gasteiger partial charge in [0.1, 0.15) is 0 Å². The van der Waals surface area contributed by atoms with Crippen LogP contribution >= 0.6 is 0 Å². The van der Waals surface area contributed by atoms with Crippen LogP contribution in [0.4, 0.5) is 5.69 Å². The molecule has 0 atom stereocenters. The first kappa shape index (κ1) is 11.6. The molecule has 0 radical (unpaired) electrons. The summed E-state index contributed by atoms with van der Waals surface area (Å²) in [5, 5.41) is 5.90. The largest absolute Gasteiger partial charge is 0.376 e. The zero-order valence-electron chi connectivity index (χ0n) is 9.34. The lowest BCUT2D eigenvalue weighted by atomic mass is 10.2. The molecule has 2 N–H and O–H groups in total. The summed E-state index contributed by atoms with van der Waals surface area (Å²) < 4.78 is 0. The maximum absolute atomic E-state index is 11.3.